The fourth-order valence-electron chi connectivity index (χ4n) is 2.08. The summed E-state index contributed by atoms with van der Waals surface area (Å²) >= 11 is 0. The maximum atomic E-state index is 11.5. The van der Waals surface area contributed by atoms with Gasteiger partial charge in [-0.1, -0.05) is 0 Å². The summed E-state index contributed by atoms with van der Waals surface area (Å²) in [7, 11) is 2.45. The molecule has 0 aromatic rings. The van der Waals surface area contributed by atoms with Crippen molar-refractivity contribution in [2.75, 3.05) is 14.2 Å². The number of methoxy groups -OCH3 is 2. The highest BCUT2D eigenvalue weighted by atomic mass is 16.5. The molecule has 1 aliphatic rings. The van der Waals surface area contributed by atoms with Gasteiger partial charge < -0.3 is 9.47 Å². The van der Waals surface area contributed by atoms with Gasteiger partial charge in [0.2, 0.25) is 0 Å². The van der Waals surface area contributed by atoms with E-state index in [-0.39, 0.29) is 18.1 Å². The molecule has 0 N–H and O–H groups in total. The Balaban J connectivity index is 2.78. The first-order valence-electron chi connectivity index (χ1n) is 5.27. The summed E-state index contributed by atoms with van der Waals surface area (Å²) in [6.45, 7) is 0. The fraction of sp³-hybridized carbons (Fsp3) is 0.727. The molecule has 0 heterocycles. The second-order valence-electron chi connectivity index (χ2n) is 3.92. The van der Waals surface area contributed by atoms with Crippen LogP contribution in [0.3, 0.4) is 0 Å². The molecule has 5 heteroatoms. The zero-order chi connectivity index (χ0) is 12.1. The van der Waals surface area contributed by atoms with E-state index in [0.29, 0.717) is 19.3 Å². The fourth-order valence-corrected chi connectivity index (χ4v) is 2.08. The number of Topliss-reactive ketones (excluding diaryl/α,β-unsaturated/α-hetero) is 1. The molecule has 0 aliphatic heterocycles. The standard InChI is InChI=1S/C11H16O5/c1-15-10(13)9(11(14)16-2)7-4-3-5-8(12)6-7/h7,9H,3-6H2,1-2H3/t7-/m0/s1. The average Bonchev–Trinajstić information content (AvgIpc) is 2.29. The summed E-state index contributed by atoms with van der Waals surface area (Å²) in [6, 6.07) is 0. The Morgan fingerprint density at radius 1 is 1.25 bits per heavy atom. The minimum absolute atomic E-state index is 0.0917. The molecule has 0 unspecified atom stereocenters. The van der Waals surface area contributed by atoms with Crippen LogP contribution in [-0.4, -0.2) is 31.9 Å². The third-order valence-electron chi connectivity index (χ3n) is 2.90. The molecular weight excluding hydrogens is 212 g/mol. The molecule has 0 radical (unpaired) electrons. The number of ketones is 1. The molecule has 90 valence electrons. The van der Waals surface area contributed by atoms with Gasteiger partial charge in [0.05, 0.1) is 14.2 Å². The summed E-state index contributed by atoms with van der Waals surface area (Å²) in [6.07, 6.45) is 2.19. The van der Waals surface area contributed by atoms with E-state index in [9.17, 15) is 14.4 Å². The van der Waals surface area contributed by atoms with Crippen LogP contribution in [0.15, 0.2) is 0 Å². The van der Waals surface area contributed by atoms with Gasteiger partial charge in [0.25, 0.3) is 0 Å². The van der Waals surface area contributed by atoms with Crippen LogP contribution in [0.2, 0.25) is 0 Å². The Morgan fingerprint density at radius 3 is 2.25 bits per heavy atom. The van der Waals surface area contributed by atoms with Crippen molar-refractivity contribution >= 4 is 17.7 Å². The summed E-state index contributed by atoms with van der Waals surface area (Å²) in [4.78, 5) is 34.3. The van der Waals surface area contributed by atoms with Crippen LogP contribution in [0.4, 0.5) is 0 Å². The minimum Gasteiger partial charge on any atom is -0.468 e. The zero-order valence-electron chi connectivity index (χ0n) is 9.52. The molecule has 0 amide bonds. The average molecular weight is 228 g/mol. The van der Waals surface area contributed by atoms with E-state index in [1.807, 2.05) is 0 Å². The highest BCUT2D eigenvalue weighted by Crippen LogP contribution is 2.29. The first kappa shape index (κ1) is 12.7. The first-order chi connectivity index (χ1) is 7.60. The van der Waals surface area contributed by atoms with E-state index in [1.165, 1.54) is 14.2 Å². The van der Waals surface area contributed by atoms with Gasteiger partial charge >= 0.3 is 11.9 Å². The SMILES string of the molecule is COC(=O)C(C(=O)OC)[C@H]1CCCC(=O)C1. The number of rotatable bonds is 3. The van der Waals surface area contributed by atoms with Crippen molar-refractivity contribution in [2.45, 2.75) is 25.7 Å². The van der Waals surface area contributed by atoms with Gasteiger partial charge in [-0.2, -0.15) is 0 Å². The van der Waals surface area contributed by atoms with Gasteiger partial charge in [-0.3, -0.25) is 14.4 Å². The number of ether oxygens (including phenoxy) is 2. The number of carbonyl (C=O) groups is 3. The Morgan fingerprint density at radius 2 is 1.81 bits per heavy atom. The van der Waals surface area contributed by atoms with Crippen LogP contribution in [0.1, 0.15) is 25.7 Å². The van der Waals surface area contributed by atoms with E-state index < -0.39 is 17.9 Å². The summed E-state index contributed by atoms with van der Waals surface area (Å²) < 4.78 is 9.15. The molecular formula is C11H16O5. The molecule has 16 heavy (non-hydrogen) atoms. The van der Waals surface area contributed by atoms with Gasteiger partial charge in [-0.05, 0) is 18.8 Å². The minimum atomic E-state index is -0.959. The third-order valence-corrected chi connectivity index (χ3v) is 2.90. The molecule has 1 aliphatic carbocycles. The Labute approximate surface area is 94.1 Å². The lowest BCUT2D eigenvalue weighted by atomic mass is 9.79. The van der Waals surface area contributed by atoms with Crippen LogP contribution in [0.25, 0.3) is 0 Å². The molecule has 0 saturated heterocycles. The molecule has 1 atom stereocenters. The molecule has 0 spiro atoms. The van der Waals surface area contributed by atoms with Crippen LogP contribution < -0.4 is 0 Å². The monoisotopic (exact) mass is 228 g/mol. The van der Waals surface area contributed by atoms with Crippen LogP contribution in [0, 0.1) is 11.8 Å². The van der Waals surface area contributed by atoms with Crippen molar-refractivity contribution in [1.82, 2.24) is 0 Å². The molecule has 1 fully saturated rings. The highest BCUT2D eigenvalue weighted by molar-refractivity contribution is 5.96. The normalized spacial score (nSPS) is 20.7. The third kappa shape index (κ3) is 2.81. The number of esters is 2. The van der Waals surface area contributed by atoms with Gasteiger partial charge in [0, 0.05) is 12.8 Å². The van der Waals surface area contributed by atoms with Crippen LogP contribution in [-0.2, 0) is 23.9 Å². The molecule has 0 aromatic carbocycles. The first-order valence-corrected chi connectivity index (χ1v) is 5.27. The molecule has 0 aromatic heterocycles. The maximum absolute atomic E-state index is 11.5. The number of hydrogen-bond acceptors (Lipinski definition) is 5. The van der Waals surface area contributed by atoms with Gasteiger partial charge in [-0.15, -0.1) is 0 Å². The van der Waals surface area contributed by atoms with Crippen LogP contribution in [0.5, 0.6) is 0 Å². The van der Waals surface area contributed by atoms with E-state index in [2.05, 4.69) is 9.47 Å². The van der Waals surface area contributed by atoms with Crippen molar-refractivity contribution in [3.05, 3.63) is 0 Å². The smallest absolute Gasteiger partial charge is 0.320 e. The van der Waals surface area contributed by atoms with Crippen molar-refractivity contribution in [3.8, 4) is 0 Å². The topological polar surface area (TPSA) is 69.7 Å². The van der Waals surface area contributed by atoms with E-state index in [1.54, 1.807) is 0 Å². The predicted octanol–water partition coefficient (Wildman–Crippen LogP) is 0.708. The van der Waals surface area contributed by atoms with Gasteiger partial charge in [0.1, 0.15) is 5.78 Å². The number of hydrogen-bond donors (Lipinski definition) is 0. The van der Waals surface area contributed by atoms with Gasteiger partial charge in [0.15, 0.2) is 5.92 Å². The lowest BCUT2D eigenvalue weighted by Crippen LogP contribution is -2.36. The predicted molar refractivity (Wildman–Crippen MR) is 54.5 cm³/mol. The van der Waals surface area contributed by atoms with Crippen molar-refractivity contribution in [3.63, 3.8) is 0 Å². The van der Waals surface area contributed by atoms with E-state index in [0.717, 1.165) is 0 Å². The van der Waals surface area contributed by atoms with E-state index >= 15 is 0 Å². The number of carbonyl (C=O) groups excluding carboxylic acids is 3. The quantitative estimate of drug-likeness (QED) is 0.525. The molecule has 0 bridgehead atoms. The summed E-state index contributed by atoms with van der Waals surface area (Å²) in [5.41, 5.74) is 0. The summed E-state index contributed by atoms with van der Waals surface area (Å²) in [5.74, 6) is -2.38. The van der Waals surface area contributed by atoms with Crippen molar-refractivity contribution < 1.29 is 23.9 Å². The van der Waals surface area contributed by atoms with Crippen molar-refractivity contribution in [2.24, 2.45) is 11.8 Å². The lowest BCUT2D eigenvalue weighted by Gasteiger charge is -2.25. The second-order valence-corrected chi connectivity index (χ2v) is 3.92. The molecule has 1 rings (SSSR count). The Bertz CT molecular complexity index is 281. The van der Waals surface area contributed by atoms with Gasteiger partial charge in [-0.25, -0.2) is 0 Å². The summed E-state index contributed by atoms with van der Waals surface area (Å²) in [5, 5.41) is 0. The molecule has 1 saturated carbocycles. The molecule has 5 nitrogen and oxygen atoms in total. The maximum Gasteiger partial charge on any atom is 0.320 e. The Hall–Kier alpha value is -1.39. The second kappa shape index (κ2) is 5.63. The van der Waals surface area contributed by atoms with Crippen molar-refractivity contribution in [1.29, 1.82) is 0 Å². The zero-order valence-corrected chi connectivity index (χ0v) is 9.52. The Kier molecular flexibility index (Phi) is 4.46. The lowest BCUT2D eigenvalue weighted by molar-refractivity contribution is -0.162. The largest absolute Gasteiger partial charge is 0.468 e. The highest BCUT2D eigenvalue weighted by Gasteiger charge is 2.38. The van der Waals surface area contributed by atoms with E-state index in [4.69, 9.17) is 0 Å². The van der Waals surface area contributed by atoms with Crippen LogP contribution >= 0.6 is 0 Å².